The van der Waals surface area contributed by atoms with Crippen LogP contribution in [0.1, 0.15) is 33.6 Å². The van der Waals surface area contributed by atoms with Crippen LogP contribution in [0.2, 0.25) is 0 Å². The van der Waals surface area contributed by atoms with Crippen molar-refractivity contribution in [2.24, 2.45) is 17.1 Å². The average molecular weight is 228 g/mol. The van der Waals surface area contributed by atoms with Gasteiger partial charge in [-0.2, -0.15) is 0 Å². The largest absolute Gasteiger partial charge is 0.378 e. The molecule has 4 nitrogen and oxygen atoms in total. The summed E-state index contributed by atoms with van der Waals surface area (Å²) < 4.78 is 5.39. The van der Waals surface area contributed by atoms with E-state index in [4.69, 9.17) is 10.5 Å². The molecule has 2 atom stereocenters. The van der Waals surface area contributed by atoms with Crippen molar-refractivity contribution in [1.82, 2.24) is 5.32 Å². The van der Waals surface area contributed by atoms with Gasteiger partial charge < -0.3 is 15.8 Å². The second-order valence-electron chi connectivity index (χ2n) is 5.50. The van der Waals surface area contributed by atoms with E-state index in [1.165, 1.54) is 0 Å². The molecule has 2 unspecified atom stereocenters. The molecule has 0 aliphatic carbocycles. The standard InChI is InChI=1S/C12H24N2O2/c1-9-6-10(7-16-9)11(15)14-8-12(2,3)4-5-13/h9-10H,4-8,13H2,1-3H3,(H,14,15). The number of carbonyl (C=O) groups is 1. The first kappa shape index (κ1) is 13.5. The Balaban J connectivity index is 2.29. The van der Waals surface area contributed by atoms with E-state index in [9.17, 15) is 4.79 Å². The summed E-state index contributed by atoms with van der Waals surface area (Å²) in [7, 11) is 0. The monoisotopic (exact) mass is 228 g/mol. The lowest BCUT2D eigenvalue weighted by atomic mass is 9.89. The quantitative estimate of drug-likeness (QED) is 0.735. The van der Waals surface area contributed by atoms with Crippen LogP contribution < -0.4 is 11.1 Å². The van der Waals surface area contributed by atoms with Crippen LogP contribution in [0, 0.1) is 11.3 Å². The molecule has 4 heteroatoms. The van der Waals surface area contributed by atoms with E-state index < -0.39 is 0 Å². The summed E-state index contributed by atoms with van der Waals surface area (Å²) in [5.41, 5.74) is 5.61. The van der Waals surface area contributed by atoms with Gasteiger partial charge in [0.15, 0.2) is 0 Å². The minimum absolute atomic E-state index is 0.0312. The van der Waals surface area contributed by atoms with Gasteiger partial charge in [-0.05, 0) is 31.7 Å². The first-order valence-corrected chi connectivity index (χ1v) is 6.04. The van der Waals surface area contributed by atoms with Gasteiger partial charge in [-0.3, -0.25) is 4.79 Å². The van der Waals surface area contributed by atoms with Gasteiger partial charge in [-0.1, -0.05) is 13.8 Å². The average Bonchev–Trinajstić information content (AvgIpc) is 2.61. The van der Waals surface area contributed by atoms with Crippen LogP contribution in [-0.2, 0) is 9.53 Å². The van der Waals surface area contributed by atoms with E-state index in [1.54, 1.807) is 0 Å². The Labute approximate surface area is 97.9 Å². The number of carbonyl (C=O) groups excluding carboxylic acids is 1. The molecule has 1 aliphatic rings. The molecule has 94 valence electrons. The highest BCUT2D eigenvalue weighted by Crippen LogP contribution is 2.21. The second-order valence-corrected chi connectivity index (χ2v) is 5.50. The van der Waals surface area contributed by atoms with Gasteiger partial charge in [0.25, 0.3) is 0 Å². The smallest absolute Gasteiger partial charge is 0.225 e. The normalized spacial score (nSPS) is 25.8. The molecule has 1 rings (SSSR count). The zero-order valence-corrected chi connectivity index (χ0v) is 10.6. The summed E-state index contributed by atoms with van der Waals surface area (Å²) in [6, 6.07) is 0. The zero-order valence-electron chi connectivity index (χ0n) is 10.6. The van der Waals surface area contributed by atoms with Gasteiger partial charge in [0.2, 0.25) is 5.91 Å². The van der Waals surface area contributed by atoms with E-state index in [1.807, 2.05) is 6.92 Å². The van der Waals surface area contributed by atoms with Crippen molar-refractivity contribution in [2.45, 2.75) is 39.7 Å². The summed E-state index contributed by atoms with van der Waals surface area (Å²) in [5, 5.41) is 3.00. The lowest BCUT2D eigenvalue weighted by Crippen LogP contribution is -2.38. The molecule has 0 aromatic carbocycles. The summed E-state index contributed by atoms with van der Waals surface area (Å²) in [6.45, 7) is 8.15. The Morgan fingerprint density at radius 3 is 2.75 bits per heavy atom. The Kier molecular flexibility index (Phi) is 4.74. The van der Waals surface area contributed by atoms with Gasteiger partial charge >= 0.3 is 0 Å². The van der Waals surface area contributed by atoms with Gasteiger partial charge in [0.1, 0.15) is 0 Å². The van der Waals surface area contributed by atoms with Gasteiger partial charge in [-0.15, -0.1) is 0 Å². The summed E-state index contributed by atoms with van der Waals surface area (Å²) >= 11 is 0. The van der Waals surface area contributed by atoms with Crippen LogP contribution in [-0.4, -0.2) is 31.7 Å². The number of nitrogens with one attached hydrogen (secondary N) is 1. The second kappa shape index (κ2) is 5.64. The van der Waals surface area contributed by atoms with Crippen LogP contribution >= 0.6 is 0 Å². The summed E-state index contributed by atoms with van der Waals surface area (Å²) in [5.74, 6) is 0.151. The molecular formula is C12H24N2O2. The van der Waals surface area contributed by atoms with E-state index in [2.05, 4.69) is 19.2 Å². The molecule has 0 spiro atoms. The summed E-state index contributed by atoms with van der Waals surface area (Å²) in [6.07, 6.45) is 1.97. The molecule has 1 saturated heterocycles. The van der Waals surface area contributed by atoms with Gasteiger partial charge in [0, 0.05) is 6.54 Å². The molecule has 1 fully saturated rings. The molecule has 0 aromatic rings. The lowest BCUT2D eigenvalue weighted by Gasteiger charge is -2.24. The number of nitrogens with two attached hydrogens (primary N) is 1. The Morgan fingerprint density at radius 2 is 2.25 bits per heavy atom. The van der Waals surface area contributed by atoms with Crippen molar-refractivity contribution >= 4 is 5.91 Å². The van der Waals surface area contributed by atoms with Crippen molar-refractivity contribution in [1.29, 1.82) is 0 Å². The van der Waals surface area contributed by atoms with Gasteiger partial charge in [0.05, 0.1) is 18.6 Å². The maximum absolute atomic E-state index is 11.8. The molecule has 1 amide bonds. The third-order valence-corrected chi connectivity index (χ3v) is 3.13. The lowest BCUT2D eigenvalue weighted by molar-refractivity contribution is -0.125. The van der Waals surface area contributed by atoms with Crippen LogP contribution in [0.5, 0.6) is 0 Å². The van der Waals surface area contributed by atoms with E-state index in [0.29, 0.717) is 19.7 Å². The molecule has 16 heavy (non-hydrogen) atoms. The highest BCUT2D eigenvalue weighted by atomic mass is 16.5. The predicted molar refractivity (Wildman–Crippen MR) is 64.0 cm³/mol. The van der Waals surface area contributed by atoms with Crippen molar-refractivity contribution < 1.29 is 9.53 Å². The number of hydrogen-bond donors (Lipinski definition) is 2. The highest BCUT2D eigenvalue weighted by molar-refractivity contribution is 5.79. The van der Waals surface area contributed by atoms with Gasteiger partial charge in [-0.25, -0.2) is 0 Å². The Bertz CT molecular complexity index is 241. The molecule has 1 aliphatic heterocycles. The first-order valence-electron chi connectivity index (χ1n) is 6.04. The van der Waals surface area contributed by atoms with E-state index >= 15 is 0 Å². The maximum Gasteiger partial charge on any atom is 0.225 e. The highest BCUT2D eigenvalue weighted by Gasteiger charge is 2.29. The maximum atomic E-state index is 11.8. The molecule has 0 saturated carbocycles. The molecule has 0 bridgehead atoms. The molecule has 3 N–H and O–H groups in total. The SMILES string of the molecule is CC1CC(C(=O)NCC(C)(C)CCN)CO1. The third-order valence-electron chi connectivity index (χ3n) is 3.13. The number of ether oxygens (including phenoxy) is 1. The predicted octanol–water partition coefficient (Wildman–Crippen LogP) is 0.903. The van der Waals surface area contributed by atoms with Crippen molar-refractivity contribution in [3.63, 3.8) is 0 Å². The summed E-state index contributed by atoms with van der Waals surface area (Å²) in [4.78, 5) is 11.8. The van der Waals surface area contributed by atoms with Crippen molar-refractivity contribution in [3.8, 4) is 0 Å². The Morgan fingerprint density at radius 1 is 1.56 bits per heavy atom. The van der Waals surface area contributed by atoms with Crippen molar-refractivity contribution in [2.75, 3.05) is 19.7 Å². The molecule has 0 aromatic heterocycles. The van der Waals surface area contributed by atoms with Crippen molar-refractivity contribution in [3.05, 3.63) is 0 Å². The van der Waals surface area contributed by atoms with Crippen LogP contribution in [0.15, 0.2) is 0 Å². The van der Waals surface area contributed by atoms with Crippen LogP contribution in [0.3, 0.4) is 0 Å². The zero-order chi connectivity index (χ0) is 12.2. The van der Waals surface area contributed by atoms with Crippen LogP contribution in [0.25, 0.3) is 0 Å². The first-order chi connectivity index (χ1) is 7.44. The minimum atomic E-state index is 0.0312. The van der Waals surface area contributed by atoms with E-state index in [-0.39, 0.29) is 23.3 Å². The fourth-order valence-electron chi connectivity index (χ4n) is 1.95. The molecular weight excluding hydrogens is 204 g/mol. The third kappa shape index (κ3) is 4.10. The van der Waals surface area contributed by atoms with Crippen LogP contribution in [0.4, 0.5) is 0 Å². The Hall–Kier alpha value is -0.610. The minimum Gasteiger partial charge on any atom is -0.378 e. The fourth-order valence-corrected chi connectivity index (χ4v) is 1.95. The molecule has 0 radical (unpaired) electrons. The number of amides is 1. The molecule has 1 heterocycles. The number of hydrogen-bond acceptors (Lipinski definition) is 3. The fraction of sp³-hybridized carbons (Fsp3) is 0.917. The number of rotatable bonds is 5. The van der Waals surface area contributed by atoms with E-state index in [0.717, 1.165) is 12.8 Å². The topological polar surface area (TPSA) is 64.4 Å².